The lowest BCUT2D eigenvalue weighted by molar-refractivity contribution is -0.144. The van der Waals surface area contributed by atoms with E-state index in [0.29, 0.717) is 19.5 Å². The molecule has 22 heavy (non-hydrogen) atoms. The number of hydrogen-bond acceptors (Lipinski definition) is 4. The Bertz CT molecular complexity index is 575. The van der Waals surface area contributed by atoms with Crippen molar-refractivity contribution in [3.05, 3.63) is 22.4 Å². The molecule has 3 rings (SSSR count). The number of nitrogens with zero attached hydrogens (tertiary/aromatic N) is 2. The molecule has 2 aliphatic heterocycles. The lowest BCUT2D eigenvalue weighted by atomic mass is 10.00. The molecule has 5 nitrogen and oxygen atoms in total. The zero-order valence-corrected chi connectivity index (χ0v) is 13.6. The Kier molecular flexibility index (Phi) is 4.04. The highest BCUT2D eigenvalue weighted by molar-refractivity contribution is 7.10. The van der Waals surface area contributed by atoms with Gasteiger partial charge in [0.25, 0.3) is 0 Å². The Morgan fingerprint density at radius 3 is 2.36 bits per heavy atom. The Balaban J connectivity index is 1.82. The van der Waals surface area contributed by atoms with Crippen molar-refractivity contribution in [2.75, 3.05) is 13.1 Å². The number of amides is 3. The molecule has 1 unspecified atom stereocenters. The van der Waals surface area contributed by atoms with Gasteiger partial charge in [0, 0.05) is 24.4 Å². The highest BCUT2D eigenvalue weighted by Gasteiger charge is 2.54. The zero-order chi connectivity index (χ0) is 15.9. The fourth-order valence-electron chi connectivity index (χ4n) is 3.50. The van der Waals surface area contributed by atoms with E-state index in [1.54, 1.807) is 23.2 Å². The number of rotatable bonds is 4. The van der Waals surface area contributed by atoms with E-state index in [2.05, 4.69) is 0 Å². The largest absolute Gasteiger partial charge is 0.341 e. The van der Waals surface area contributed by atoms with Gasteiger partial charge >= 0.3 is 0 Å². The van der Waals surface area contributed by atoms with Crippen LogP contribution in [0, 0.1) is 11.8 Å². The summed E-state index contributed by atoms with van der Waals surface area (Å²) >= 11 is 1.57. The van der Waals surface area contributed by atoms with Crippen molar-refractivity contribution < 1.29 is 14.4 Å². The third-order valence-electron chi connectivity index (χ3n) is 4.65. The predicted molar refractivity (Wildman–Crippen MR) is 83.1 cm³/mol. The zero-order valence-electron chi connectivity index (χ0n) is 12.8. The predicted octanol–water partition coefficient (Wildman–Crippen LogP) is 2.05. The minimum Gasteiger partial charge on any atom is -0.341 e. The quantitative estimate of drug-likeness (QED) is 0.798. The normalized spacial score (nSPS) is 25.7. The van der Waals surface area contributed by atoms with Gasteiger partial charge in [0.2, 0.25) is 17.7 Å². The van der Waals surface area contributed by atoms with Crippen LogP contribution >= 0.6 is 11.3 Å². The summed E-state index contributed by atoms with van der Waals surface area (Å²) in [5.74, 6) is -0.899. The van der Waals surface area contributed by atoms with Crippen LogP contribution in [0.25, 0.3) is 0 Å². The lowest BCUT2D eigenvalue weighted by Gasteiger charge is -2.27. The first-order valence-corrected chi connectivity index (χ1v) is 8.64. The molecule has 1 aromatic rings. The average molecular weight is 320 g/mol. The van der Waals surface area contributed by atoms with Crippen LogP contribution in [0.2, 0.25) is 0 Å². The summed E-state index contributed by atoms with van der Waals surface area (Å²) in [6.45, 7) is 4.57. The molecule has 0 bridgehead atoms. The maximum atomic E-state index is 12.7. The van der Waals surface area contributed by atoms with Crippen LogP contribution in [-0.2, 0) is 14.4 Å². The standard InChI is InChI=1S/C16H20N2O3S/c1-3-12(13-6-5-7-22-13)18-15(20)10-8-17(14(19)4-2)9-11(10)16(18)21/h5-7,10-12H,3-4,8-9H2,1-2H3/t10-,11+,12?. The third kappa shape index (κ3) is 2.26. The van der Waals surface area contributed by atoms with Gasteiger partial charge in [-0.3, -0.25) is 19.3 Å². The highest BCUT2D eigenvalue weighted by Crippen LogP contribution is 2.40. The smallest absolute Gasteiger partial charge is 0.235 e. The van der Waals surface area contributed by atoms with E-state index < -0.39 is 0 Å². The van der Waals surface area contributed by atoms with Crippen LogP contribution in [0.5, 0.6) is 0 Å². The second kappa shape index (κ2) is 5.83. The van der Waals surface area contributed by atoms with Crippen LogP contribution in [0.15, 0.2) is 17.5 Å². The Labute approximate surface area is 133 Å². The van der Waals surface area contributed by atoms with Crippen molar-refractivity contribution in [2.24, 2.45) is 11.8 Å². The first-order valence-electron chi connectivity index (χ1n) is 7.76. The van der Waals surface area contributed by atoms with Gasteiger partial charge in [-0.05, 0) is 17.9 Å². The molecule has 0 radical (unpaired) electrons. The van der Waals surface area contributed by atoms with Crippen molar-refractivity contribution in [2.45, 2.75) is 32.7 Å². The van der Waals surface area contributed by atoms with E-state index in [-0.39, 0.29) is 35.6 Å². The van der Waals surface area contributed by atoms with Crippen molar-refractivity contribution in [1.29, 1.82) is 0 Å². The van der Waals surface area contributed by atoms with Gasteiger partial charge in [0.05, 0.1) is 17.9 Å². The summed E-state index contributed by atoms with van der Waals surface area (Å²) < 4.78 is 0. The maximum absolute atomic E-state index is 12.7. The molecule has 118 valence electrons. The van der Waals surface area contributed by atoms with Crippen LogP contribution < -0.4 is 0 Å². The average Bonchev–Trinajstić information content (AvgIpc) is 3.22. The van der Waals surface area contributed by atoms with E-state index >= 15 is 0 Å². The van der Waals surface area contributed by atoms with Gasteiger partial charge in [-0.25, -0.2) is 0 Å². The number of likely N-dealkylation sites (tertiary alicyclic amines) is 2. The van der Waals surface area contributed by atoms with Crippen LogP contribution in [0.3, 0.4) is 0 Å². The van der Waals surface area contributed by atoms with Gasteiger partial charge in [-0.2, -0.15) is 0 Å². The second-order valence-corrected chi connectivity index (χ2v) is 6.83. The monoisotopic (exact) mass is 320 g/mol. The summed E-state index contributed by atoms with van der Waals surface area (Å²) in [6, 6.07) is 3.75. The van der Waals surface area contributed by atoms with Crippen LogP contribution in [-0.4, -0.2) is 40.6 Å². The van der Waals surface area contributed by atoms with E-state index in [1.165, 1.54) is 4.90 Å². The van der Waals surface area contributed by atoms with E-state index in [0.717, 1.165) is 11.3 Å². The van der Waals surface area contributed by atoms with Gasteiger partial charge in [-0.15, -0.1) is 11.3 Å². The first kappa shape index (κ1) is 15.2. The van der Waals surface area contributed by atoms with Crippen molar-refractivity contribution in [1.82, 2.24) is 9.80 Å². The maximum Gasteiger partial charge on any atom is 0.235 e. The van der Waals surface area contributed by atoms with E-state index in [1.807, 2.05) is 24.4 Å². The second-order valence-electron chi connectivity index (χ2n) is 5.85. The summed E-state index contributed by atoms with van der Waals surface area (Å²) in [5.41, 5.74) is 0. The fourth-order valence-corrected chi connectivity index (χ4v) is 4.40. The van der Waals surface area contributed by atoms with Crippen molar-refractivity contribution in [3.8, 4) is 0 Å². The number of carbonyl (C=O) groups is 3. The molecule has 0 spiro atoms. The number of imide groups is 1. The molecule has 3 atom stereocenters. The lowest BCUT2D eigenvalue weighted by Crippen LogP contribution is -2.39. The van der Waals surface area contributed by atoms with E-state index in [4.69, 9.17) is 0 Å². The highest BCUT2D eigenvalue weighted by atomic mass is 32.1. The summed E-state index contributed by atoms with van der Waals surface area (Å²) in [6.07, 6.45) is 1.13. The summed E-state index contributed by atoms with van der Waals surface area (Å²) in [5, 5.41) is 1.96. The summed E-state index contributed by atoms with van der Waals surface area (Å²) in [4.78, 5) is 41.4. The van der Waals surface area contributed by atoms with Crippen molar-refractivity contribution >= 4 is 29.1 Å². The molecule has 0 N–H and O–H groups in total. The van der Waals surface area contributed by atoms with Crippen LogP contribution in [0.4, 0.5) is 0 Å². The molecular weight excluding hydrogens is 300 g/mol. The van der Waals surface area contributed by atoms with Crippen LogP contribution in [0.1, 0.15) is 37.6 Å². The summed E-state index contributed by atoms with van der Waals surface area (Å²) in [7, 11) is 0. The third-order valence-corrected chi connectivity index (χ3v) is 5.63. The Hall–Kier alpha value is -1.69. The molecule has 6 heteroatoms. The number of carbonyl (C=O) groups excluding carboxylic acids is 3. The Morgan fingerprint density at radius 1 is 1.27 bits per heavy atom. The van der Waals surface area contributed by atoms with Gasteiger partial charge in [-0.1, -0.05) is 19.9 Å². The molecule has 0 saturated carbocycles. The molecule has 0 aromatic carbocycles. The molecule has 3 amide bonds. The molecular formula is C16H20N2O3S. The fraction of sp³-hybridized carbons (Fsp3) is 0.562. The number of hydrogen-bond donors (Lipinski definition) is 0. The minimum atomic E-state index is -0.350. The SMILES string of the molecule is CCC(=O)N1C[C@@H]2C(=O)N(C(CC)c3cccs3)C(=O)[C@@H]2C1. The van der Waals surface area contributed by atoms with Crippen molar-refractivity contribution in [3.63, 3.8) is 0 Å². The van der Waals surface area contributed by atoms with Gasteiger partial charge in [0.1, 0.15) is 0 Å². The molecule has 2 fully saturated rings. The minimum absolute atomic E-state index is 0.0202. The molecule has 2 saturated heterocycles. The van der Waals surface area contributed by atoms with Gasteiger partial charge in [0.15, 0.2) is 0 Å². The van der Waals surface area contributed by atoms with E-state index in [9.17, 15) is 14.4 Å². The number of thiophene rings is 1. The topological polar surface area (TPSA) is 57.7 Å². The number of fused-ring (bicyclic) bond motifs is 1. The first-order chi connectivity index (χ1) is 10.6. The molecule has 3 heterocycles. The molecule has 0 aliphatic carbocycles. The molecule has 2 aliphatic rings. The Morgan fingerprint density at radius 2 is 1.91 bits per heavy atom. The molecule has 1 aromatic heterocycles. The van der Waals surface area contributed by atoms with Gasteiger partial charge < -0.3 is 4.90 Å².